The number of hydrogen-bond acceptors (Lipinski definition) is 5. The van der Waals surface area contributed by atoms with Gasteiger partial charge in [-0.1, -0.05) is 0 Å². The van der Waals surface area contributed by atoms with Crippen LogP contribution in [0.4, 0.5) is 5.69 Å². The van der Waals surface area contributed by atoms with Gasteiger partial charge < -0.3 is 15.2 Å². The molecular weight excluding hydrogens is 325 g/mol. The lowest BCUT2D eigenvalue weighted by Gasteiger charge is -2.21. The van der Waals surface area contributed by atoms with Gasteiger partial charge in [-0.3, -0.25) is 4.79 Å². The predicted octanol–water partition coefficient (Wildman–Crippen LogP) is 0.604. The molecule has 0 spiro atoms. The average molecular weight is 333 g/mol. The van der Waals surface area contributed by atoms with E-state index in [0.717, 1.165) is 3.57 Å². The number of ether oxygens (including phenoxy) is 1. The van der Waals surface area contributed by atoms with E-state index in [0.29, 0.717) is 11.3 Å². The van der Waals surface area contributed by atoms with E-state index in [9.17, 15) is 14.7 Å². The zero-order valence-corrected chi connectivity index (χ0v) is 10.2. The molecule has 6 heteroatoms. The monoisotopic (exact) mass is 333 g/mol. The van der Waals surface area contributed by atoms with E-state index in [1.54, 1.807) is 12.1 Å². The number of carbonyl (C=O) groups is 2. The highest BCUT2D eigenvalue weighted by Gasteiger charge is 2.40. The molecule has 1 aliphatic heterocycles. The summed E-state index contributed by atoms with van der Waals surface area (Å²) in [5, 5.41) is 13.0. The molecule has 1 aliphatic rings. The number of hydrogen-bond donors (Lipinski definition) is 2. The number of fused-ring (bicyclic) bond motifs is 1. The van der Waals surface area contributed by atoms with Crippen LogP contribution in [0.25, 0.3) is 0 Å². The van der Waals surface area contributed by atoms with Crippen molar-refractivity contribution in [2.75, 3.05) is 11.9 Å². The summed E-state index contributed by atoms with van der Waals surface area (Å²) in [6.07, 6.45) is 0.0316. The lowest BCUT2D eigenvalue weighted by Crippen LogP contribution is -2.34. The van der Waals surface area contributed by atoms with Gasteiger partial charge in [-0.05, 0) is 40.8 Å². The molecule has 0 radical (unpaired) electrons. The molecule has 0 saturated heterocycles. The maximum Gasteiger partial charge on any atom is 0.374 e. The third-order valence-corrected chi connectivity index (χ3v) is 2.96. The van der Waals surface area contributed by atoms with Gasteiger partial charge in [-0.15, -0.1) is 0 Å². The molecule has 84 valence electrons. The first-order chi connectivity index (χ1) is 7.55. The van der Waals surface area contributed by atoms with Crippen molar-refractivity contribution in [3.63, 3.8) is 0 Å². The van der Waals surface area contributed by atoms with Crippen LogP contribution in [0.1, 0.15) is 5.56 Å². The van der Waals surface area contributed by atoms with Crippen LogP contribution >= 0.6 is 22.6 Å². The Balaban J connectivity index is 2.37. The molecule has 5 nitrogen and oxygen atoms in total. The fourth-order valence-electron chi connectivity index (χ4n) is 1.59. The van der Waals surface area contributed by atoms with Gasteiger partial charge in [0.25, 0.3) is 5.79 Å². The van der Waals surface area contributed by atoms with E-state index in [1.807, 2.05) is 6.07 Å². The Morgan fingerprint density at radius 3 is 3.06 bits per heavy atom. The van der Waals surface area contributed by atoms with Crippen LogP contribution in [0.2, 0.25) is 0 Å². The molecule has 0 saturated carbocycles. The maximum atomic E-state index is 10.9. The summed E-state index contributed by atoms with van der Waals surface area (Å²) in [5.41, 5.74) is 1.16. The molecule has 1 aromatic carbocycles. The first-order valence-corrected chi connectivity index (χ1v) is 5.57. The maximum absolute atomic E-state index is 10.9. The van der Waals surface area contributed by atoms with E-state index in [1.165, 1.54) is 0 Å². The normalized spacial score (nSPS) is 22.1. The van der Waals surface area contributed by atoms with Crippen LogP contribution < -0.4 is 5.32 Å². The molecule has 1 heterocycles. The van der Waals surface area contributed by atoms with Crippen molar-refractivity contribution in [3.8, 4) is 0 Å². The molecule has 2 rings (SSSR count). The minimum atomic E-state index is -1.76. The number of anilines is 1. The van der Waals surface area contributed by atoms with Gasteiger partial charge in [0.05, 0.1) is 6.54 Å². The largest absolute Gasteiger partial charge is 0.421 e. The Bertz CT molecular complexity index is 462. The first kappa shape index (κ1) is 11.3. The van der Waals surface area contributed by atoms with Gasteiger partial charge in [0.2, 0.25) is 6.29 Å². The summed E-state index contributed by atoms with van der Waals surface area (Å²) in [6.45, 7) is 0.0437. The van der Waals surface area contributed by atoms with E-state index in [-0.39, 0.29) is 12.8 Å². The summed E-state index contributed by atoms with van der Waals surface area (Å²) >= 11 is 2.08. The lowest BCUT2D eigenvalue weighted by atomic mass is 10.1. The molecule has 1 atom stereocenters. The topological polar surface area (TPSA) is 75.6 Å². The van der Waals surface area contributed by atoms with Crippen LogP contribution in [0, 0.1) is 3.57 Å². The molecule has 1 aromatic rings. The number of esters is 1. The second kappa shape index (κ2) is 4.02. The molecule has 1 unspecified atom stereocenters. The number of β-amino-alcohol motifs (C(OH)–C–C–N with tert-alkyl or cyclic N) is 1. The van der Waals surface area contributed by atoms with Crippen molar-refractivity contribution in [2.45, 2.75) is 5.79 Å². The Morgan fingerprint density at radius 2 is 2.38 bits per heavy atom. The highest BCUT2D eigenvalue weighted by molar-refractivity contribution is 14.1. The van der Waals surface area contributed by atoms with E-state index in [2.05, 4.69) is 27.9 Å². The second-order valence-corrected chi connectivity index (χ2v) is 4.61. The molecule has 16 heavy (non-hydrogen) atoms. The summed E-state index contributed by atoms with van der Waals surface area (Å²) < 4.78 is 5.62. The van der Waals surface area contributed by atoms with Gasteiger partial charge >= 0.3 is 5.97 Å². The van der Waals surface area contributed by atoms with Crippen LogP contribution in [0.3, 0.4) is 0 Å². The zero-order chi connectivity index (χ0) is 11.8. The van der Waals surface area contributed by atoms with Gasteiger partial charge in [0.1, 0.15) is 0 Å². The number of nitrogens with one attached hydrogen (secondary N) is 1. The zero-order valence-electron chi connectivity index (χ0n) is 8.07. The van der Waals surface area contributed by atoms with Crippen LogP contribution in [-0.2, 0) is 20.1 Å². The van der Waals surface area contributed by atoms with Crippen LogP contribution in [0.5, 0.6) is 0 Å². The van der Waals surface area contributed by atoms with Crippen molar-refractivity contribution in [1.29, 1.82) is 0 Å². The van der Waals surface area contributed by atoms with Crippen molar-refractivity contribution in [2.24, 2.45) is 0 Å². The van der Waals surface area contributed by atoms with Gasteiger partial charge in [-0.2, -0.15) is 0 Å². The summed E-state index contributed by atoms with van der Waals surface area (Å²) in [5.74, 6) is -2.84. The van der Waals surface area contributed by atoms with Crippen LogP contribution in [0.15, 0.2) is 18.2 Å². The third-order valence-electron chi connectivity index (χ3n) is 2.29. The minimum Gasteiger partial charge on any atom is -0.421 e. The fourth-order valence-corrected chi connectivity index (χ4v) is 2.08. The number of rotatable bonds is 2. The number of benzene rings is 1. The first-order valence-electron chi connectivity index (χ1n) is 4.49. The molecule has 0 aromatic heterocycles. The Labute approximate surface area is 105 Å². The Morgan fingerprint density at radius 1 is 1.62 bits per heavy atom. The molecule has 0 fully saturated rings. The highest BCUT2D eigenvalue weighted by Crippen LogP contribution is 2.36. The van der Waals surface area contributed by atoms with Crippen molar-refractivity contribution in [3.05, 3.63) is 27.3 Å². The Hall–Kier alpha value is -1.15. The SMILES string of the molecule is O=CC(=O)OC1(O)CNc2ccc(I)cc21. The van der Waals surface area contributed by atoms with Gasteiger partial charge in [0, 0.05) is 14.8 Å². The number of halogens is 1. The van der Waals surface area contributed by atoms with Gasteiger partial charge in [0.15, 0.2) is 0 Å². The van der Waals surface area contributed by atoms with Gasteiger partial charge in [-0.25, -0.2) is 4.79 Å². The van der Waals surface area contributed by atoms with E-state index in [4.69, 9.17) is 4.74 Å². The van der Waals surface area contributed by atoms with E-state index >= 15 is 0 Å². The summed E-state index contributed by atoms with van der Waals surface area (Å²) in [6, 6.07) is 5.34. The fraction of sp³-hybridized carbons (Fsp3) is 0.200. The quantitative estimate of drug-likeness (QED) is 0.273. The molecule has 0 amide bonds. The Kier molecular flexibility index (Phi) is 2.85. The highest BCUT2D eigenvalue weighted by atomic mass is 127. The molecule has 0 aliphatic carbocycles. The lowest BCUT2D eigenvalue weighted by molar-refractivity contribution is -0.204. The molecule has 0 bridgehead atoms. The molecular formula is C10H8INO4. The second-order valence-electron chi connectivity index (χ2n) is 3.37. The molecule has 2 N–H and O–H groups in total. The van der Waals surface area contributed by atoms with E-state index < -0.39 is 11.8 Å². The summed E-state index contributed by atoms with van der Waals surface area (Å²) in [4.78, 5) is 21.1. The number of aldehydes is 1. The summed E-state index contributed by atoms with van der Waals surface area (Å²) in [7, 11) is 0. The number of carbonyl (C=O) groups excluding carboxylic acids is 2. The smallest absolute Gasteiger partial charge is 0.374 e. The third kappa shape index (κ3) is 1.90. The van der Waals surface area contributed by atoms with Crippen molar-refractivity contribution < 1.29 is 19.4 Å². The minimum absolute atomic E-state index is 0.0316. The van der Waals surface area contributed by atoms with Crippen molar-refractivity contribution >= 4 is 40.5 Å². The number of aliphatic hydroxyl groups is 1. The standard InChI is InChI=1S/C10H8INO4/c11-6-1-2-8-7(3-6)10(15,5-12-8)16-9(14)4-13/h1-4,12,15H,5H2. The van der Waals surface area contributed by atoms with Crippen LogP contribution in [-0.4, -0.2) is 23.9 Å². The van der Waals surface area contributed by atoms with Crippen molar-refractivity contribution in [1.82, 2.24) is 0 Å². The predicted molar refractivity (Wildman–Crippen MR) is 63.7 cm³/mol. The average Bonchev–Trinajstić information content (AvgIpc) is 2.56.